The molecule has 0 saturated heterocycles. The highest BCUT2D eigenvalue weighted by atomic mass is 16.4. The maximum Gasteiger partial charge on any atom is 0.337 e. The molecule has 2 N–H and O–H groups in total. The fourth-order valence-electron chi connectivity index (χ4n) is 6.80. The Kier molecular flexibility index (Phi) is 6.31. The molecule has 2 aliphatic rings. The molecule has 3 aromatic carbocycles. The number of hydrogen-bond acceptors (Lipinski definition) is 3. The van der Waals surface area contributed by atoms with Crippen molar-refractivity contribution < 1.29 is 9.90 Å². The fraction of sp³-hybridized carbons (Fsp3) is 0.387. The van der Waals surface area contributed by atoms with Crippen LogP contribution in [0.25, 0.3) is 0 Å². The van der Waals surface area contributed by atoms with Crippen molar-refractivity contribution in [1.29, 1.82) is 0 Å². The van der Waals surface area contributed by atoms with Crippen LogP contribution in [0, 0.1) is 17.8 Å². The molecule has 0 radical (unpaired) electrons. The van der Waals surface area contributed by atoms with E-state index in [9.17, 15) is 9.90 Å². The molecular weight excluding hydrogens is 432 g/mol. The van der Waals surface area contributed by atoms with Gasteiger partial charge in [0.15, 0.2) is 0 Å². The summed E-state index contributed by atoms with van der Waals surface area (Å²) in [6.45, 7) is 4.91. The SMILES string of the molecule is CC1CC2CC(C1)CC(C)(c1ccc(Nc3ccc(N(C)c4ccccc4C(=O)O)cc3)cc1)C2. The first kappa shape index (κ1) is 23.5. The van der Waals surface area contributed by atoms with Crippen LogP contribution in [-0.2, 0) is 5.41 Å². The van der Waals surface area contributed by atoms with Crippen molar-refractivity contribution in [3.05, 3.63) is 83.9 Å². The smallest absolute Gasteiger partial charge is 0.337 e. The lowest BCUT2D eigenvalue weighted by Gasteiger charge is -2.47. The zero-order chi connectivity index (χ0) is 24.6. The molecular formula is C31H36N2O2. The third-order valence-electron chi connectivity index (χ3n) is 8.24. The van der Waals surface area contributed by atoms with E-state index in [4.69, 9.17) is 0 Å². The second kappa shape index (κ2) is 9.41. The molecule has 2 aliphatic carbocycles. The molecule has 0 aromatic heterocycles. The molecule has 2 saturated carbocycles. The quantitative estimate of drug-likeness (QED) is 0.385. The van der Waals surface area contributed by atoms with Crippen LogP contribution in [-0.4, -0.2) is 18.1 Å². The van der Waals surface area contributed by atoms with E-state index in [1.54, 1.807) is 12.1 Å². The van der Waals surface area contributed by atoms with E-state index in [1.165, 1.54) is 37.7 Å². The number of hydrogen-bond donors (Lipinski definition) is 2. The molecule has 0 heterocycles. The Morgan fingerprint density at radius 3 is 2.06 bits per heavy atom. The van der Waals surface area contributed by atoms with Crippen molar-refractivity contribution in [1.82, 2.24) is 0 Å². The van der Waals surface area contributed by atoms with Gasteiger partial charge in [-0.05, 0) is 109 Å². The molecule has 2 bridgehead atoms. The second-order valence-electron chi connectivity index (χ2n) is 11.1. The number of carboxylic acid groups (broad SMARTS) is 1. The third kappa shape index (κ3) is 4.93. The Morgan fingerprint density at radius 2 is 1.46 bits per heavy atom. The first-order valence-corrected chi connectivity index (χ1v) is 12.8. The Labute approximate surface area is 209 Å². The van der Waals surface area contributed by atoms with Crippen LogP contribution in [0.5, 0.6) is 0 Å². The third-order valence-corrected chi connectivity index (χ3v) is 8.24. The van der Waals surface area contributed by atoms with Gasteiger partial charge in [0.1, 0.15) is 0 Å². The summed E-state index contributed by atoms with van der Waals surface area (Å²) in [6.07, 6.45) is 6.88. The van der Waals surface area contributed by atoms with Crippen LogP contribution in [0.4, 0.5) is 22.7 Å². The molecule has 2 atom stereocenters. The van der Waals surface area contributed by atoms with Gasteiger partial charge < -0.3 is 15.3 Å². The van der Waals surface area contributed by atoms with Gasteiger partial charge in [-0.2, -0.15) is 0 Å². The van der Waals surface area contributed by atoms with Crippen LogP contribution in [0.2, 0.25) is 0 Å². The van der Waals surface area contributed by atoms with E-state index in [1.807, 2.05) is 48.3 Å². The van der Waals surface area contributed by atoms with Crippen molar-refractivity contribution in [2.75, 3.05) is 17.3 Å². The molecule has 3 aromatic rings. The largest absolute Gasteiger partial charge is 0.478 e. The topological polar surface area (TPSA) is 52.6 Å². The van der Waals surface area contributed by atoms with Gasteiger partial charge in [-0.25, -0.2) is 4.79 Å². The minimum absolute atomic E-state index is 0.294. The summed E-state index contributed by atoms with van der Waals surface area (Å²) in [5, 5.41) is 13.0. The molecule has 2 fully saturated rings. The van der Waals surface area contributed by atoms with Gasteiger partial charge in [-0.15, -0.1) is 0 Å². The van der Waals surface area contributed by atoms with Gasteiger partial charge in [0, 0.05) is 24.1 Å². The van der Waals surface area contributed by atoms with Gasteiger partial charge >= 0.3 is 5.97 Å². The summed E-state index contributed by atoms with van der Waals surface area (Å²) in [5.74, 6) is 1.75. The number of nitrogens with zero attached hydrogens (tertiary/aromatic N) is 1. The standard InChI is InChI=1S/C31H36N2O2/c1-21-16-22-18-23(17-21)20-31(2,19-22)24-8-10-25(11-9-24)32-26-12-14-27(15-13-26)33(3)29-7-5-4-6-28(29)30(34)35/h4-15,21-23,32H,16-20H2,1-3H3,(H,34,35). The Hall–Kier alpha value is -3.27. The predicted octanol–water partition coefficient (Wildman–Crippen LogP) is 8.00. The van der Waals surface area contributed by atoms with E-state index in [0.29, 0.717) is 16.7 Å². The number of rotatable bonds is 6. The molecule has 35 heavy (non-hydrogen) atoms. The lowest BCUT2D eigenvalue weighted by atomic mass is 9.57. The molecule has 0 aliphatic heterocycles. The molecule has 4 nitrogen and oxygen atoms in total. The van der Waals surface area contributed by atoms with Crippen LogP contribution < -0.4 is 10.2 Å². The van der Waals surface area contributed by atoms with E-state index in [2.05, 4.69) is 43.4 Å². The number of anilines is 4. The average molecular weight is 469 g/mol. The summed E-state index contributed by atoms with van der Waals surface area (Å²) in [7, 11) is 1.89. The zero-order valence-corrected chi connectivity index (χ0v) is 21.0. The molecule has 5 rings (SSSR count). The summed E-state index contributed by atoms with van der Waals surface area (Å²) >= 11 is 0. The van der Waals surface area contributed by atoms with E-state index < -0.39 is 5.97 Å². The van der Waals surface area contributed by atoms with Crippen LogP contribution in [0.1, 0.15) is 61.9 Å². The fourth-order valence-corrected chi connectivity index (χ4v) is 6.80. The van der Waals surface area contributed by atoms with E-state index in [0.717, 1.165) is 34.8 Å². The van der Waals surface area contributed by atoms with Crippen LogP contribution >= 0.6 is 0 Å². The monoisotopic (exact) mass is 468 g/mol. The number of aromatic carboxylic acids is 1. The van der Waals surface area contributed by atoms with E-state index in [-0.39, 0.29) is 0 Å². The normalized spacial score (nSPS) is 25.6. The Bertz CT molecular complexity index is 1170. The Morgan fingerprint density at radius 1 is 0.886 bits per heavy atom. The molecule has 182 valence electrons. The summed E-state index contributed by atoms with van der Waals surface area (Å²) < 4.78 is 0. The minimum Gasteiger partial charge on any atom is -0.478 e. The van der Waals surface area contributed by atoms with Gasteiger partial charge in [0.05, 0.1) is 11.3 Å². The lowest BCUT2D eigenvalue weighted by Crippen LogP contribution is -2.38. The van der Waals surface area contributed by atoms with Crippen molar-refractivity contribution in [3.8, 4) is 0 Å². The number of para-hydroxylation sites is 1. The zero-order valence-electron chi connectivity index (χ0n) is 21.0. The summed E-state index contributed by atoms with van der Waals surface area (Å²) in [4.78, 5) is 13.5. The number of nitrogens with one attached hydrogen (secondary N) is 1. The van der Waals surface area contributed by atoms with Gasteiger partial charge in [0.25, 0.3) is 0 Å². The molecule has 4 heteroatoms. The lowest BCUT2D eigenvalue weighted by molar-refractivity contribution is 0.0697. The summed E-state index contributed by atoms with van der Waals surface area (Å²) in [5.41, 5.74) is 5.76. The van der Waals surface area contributed by atoms with E-state index >= 15 is 0 Å². The maximum absolute atomic E-state index is 11.6. The van der Waals surface area contributed by atoms with Crippen LogP contribution in [0.3, 0.4) is 0 Å². The first-order valence-electron chi connectivity index (χ1n) is 12.8. The number of carbonyl (C=O) groups is 1. The second-order valence-corrected chi connectivity index (χ2v) is 11.1. The highest BCUT2D eigenvalue weighted by molar-refractivity contribution is 5.95. The highest BCUT2D eigenvalue weighted by Crippen LogP contribution is 2.51. The first-order chi connectivity index (χ1) is 16.8. The minimum atomic E-state index is -0.922. The van der Waals surface area contributed by atoms with Crippen molar-refractivity contribution in [2.45, 2.75) is 51.4 Å². The number of fused-ring (bicyclic) bond motifs is 2. The van der Waals surface area contributed by atoms with Gasteiger partial charge in [-0.3, -0.25) is 0 Å². The van der Waals surface area contributed by atoms with Crippen molar-refractivity contribution in [2.24, 2.45) is 17.8 Å². The molecule has 0 amide bonds. The number of carboxylic acids is 1. The molecule has 2 unspecified atom stereocenters. The van der Waals surface area contributed by atoms with Crippen molar-refractivity contribution in [3.63, 3.8) is 0 Å². The molecule has 0 spiro atoms. The Balaban J connectivity index is 1.26. The van der Waals surface area contributed by atoms with Gasteiger partial charge in [-0.1, -0.05) is 38.1 Å². The maximum atomic E-state index is 11.6. The average Bonchev–Trinajstić information content (AvgIpc) is 2.83. The predicted molar refractivity (Wildman–Crippen MR) is 144 cm³/mol. The van der Waals surface area contributed by atoms with Gasteiger partial charge in [0.2, 0.25) is 0 Å². The van der Waals surface area contributed by atoms with Crippen molar-refractivity contribution >= 4 is 28.7 Å². The number of benzene rings is 3. The highest BCUT2D eigenvalue weighted by Gasteiger charge is 2.41. The summed E-state index contributed by atoms with van der Waals surface area (Å²) in [6, 6.07) is 24.2. The van der Waals surface area contributed by atoms with Crippen LogP contribution in [0.15, 0.2) is 72.8 Å².